The van der Waals surface area contributed by atoms with Crippen LogP contribution in [0.5, 0.6) is 0 Å². The Morgan fingerprint density at radius 3 is 2.47 bits per heavy atom. The van der Waals surface area contributed by atoms with E-state index in [2.05, 4.69) is 5.32 Å². The van der Waals surface area contributed by atoms with Crippen LogP contribution in [0.3, 0.4) is 0 Å². The smallest absolute Gasteiger partial charge is 0.232 e. The summed E-state index contributed by atoms with van der Waals surface area (Å²) in [7, 11) is 0. The van der Waals surface area contributed by atoms with Crippen molar-refractivity contribution in [3.63, 3.8) is 0 Å². The van der Waals surface area contributed by atoms with Gasteiger partial charge < -0.3 is 5.32 Å². The van der Waals surface area contributed by atoms with Crippen LogP contribution < -0.4 is 5.32 Å². The van der Waals surface area contributed by atoms with Crippen LogP contribution in [0.2, 0.25) is 0 Å². The molecular weight excluding hydrogens is 238 g/mol. The van der Waals surface area contributed by atoms with Crippen LogP contribution in [-0.4, -0.2) is 11.7 Å². The van der Waals surface area contributed by atoms with Gasteiger partial charge in [0, 0.05) is 17.7 Å². The Kier molecular flexibility index (Phi) is 2.88. The van der Waals surface area contributed by atoms with Crippen molar-refractivity contribution in [2.24, 2.45) is 0 Å². The maximum Gasteiger partial charge on any atom is 0.232 e. The van der Waals surface area contributed by atoms with Crippen LogP contribution in [0.4, 0.5) is 5.69 Å². The highest BCUT2D eigenvalue weighted by Gasteiger charge is 2.33. The number of hydrogen-bond acceptors (Lipinski definition) is 2. The van der Waals surface area contributed by atoms with Gasteiger partial charge in [0.1, 0.15) is 0 Å². The monoisotopic (exact) mass is 251 g/mol. The first-order valence-electron chi connectivity index (χ1n) is 6.24. The molecule has 0 saturated carbocycles. The summed E-state index contributed by atoms with van der Waals surface area (Å²) in [6.07, 6.45) is 0.262. The number of Topliss-reactive ketones (excluding diaryl/α,β-unsaturated/α-hetero) is 1. The fourth-order valence-electron chi connectivity index (χ4n) is 2.44. The average Bonchev–Trinajstić information content (AvgIpc) is 2.78. The Morgan fingerprint density at radius 2 is 1.68 bits per heavy atom. The number of hydrogen-bond donors (Lipinski definition) is 1. The van der Waals surface area contributed by atoms with Crippen LogP contribution in [0, 0.1) is 0 Å². The number of amides is 1. The number of carbonyl (C=O) groups excluding carboxylic acids is 2. The van der Waals surface area contributed by atoms with Gasteiger partial charge in [-0.25, -0.2) is 0 Å². The van der Waals surface area contributed by atoms with Gasteiger partial charge in [-0.3, -0.25) is 9.59 Å². The van der Waals surface area contributed by atoms with Gasteiger partial charge in [0.15, 0.2) is 5.78 Å². The molecule has 2 aromatic carbocycles. The van der Waals surface area contributed by atoms with E-state index in [-0.39, 0.29) is 24.0 Å². The Labute approximate surface area is 111 Å². The number of benzene rings is 2. The fraction of sp³-hybridized carbons (Fsp3) is 0.125. The van der Waals surface area contributed by atoms with Crippen LogP contribution in [0.25, 0.3) is 0 Å². The van der Waals surface area contributed by atoms with Crippen molar-refractivity contribution in [1.82, 2.24) is 0 Å². The molecule has 3 heteroatoms. The minimum atomic E-state index is -0.371. The summed E-state index contributed by atoms with van der Waals surface area (Å²) in [4.78, 5) is 24.1. The van der Waals surface area contributed by atoms with Crippen LogP contribution in [0.1, 0.15) is 28.3 Å². The van der Waals surface area contributed by atoms with E-state index in [0.717, 1.165) is 11.3 Å². The lowest BCUT2D eigenvalue weighted by atomic mass is 10.0. The first-order chi connectivity index (χ1) is 9.25. The molecule has 94 valence electrons. The molecule has 0 fully saturated rings. The molecular formula is C16H13NO2. The summed E-state index contributed by atoms with van der Waals surface area (Å²) in [5.74, 6) is -0.447. The SMILES string of the molecule is O=C1CC(C(=O)Nc2ccccc2)c2ccccc21. The molecule has 0 radical (unpaired) electrons. The van der Waals surface area contributed by atoms with Crippen LogP contribution in [-0.2, 0) is 4.79 Å². The zero-order valence-corrected chi connectivity index (χ0v) is 10.3. The fourth-order valence-corrected chi connectivity index (χ4v) is 2.44. The van der Waals surface area contributed by atoms with E-state index in [9.17, 15) is 9.59 Å². The summed E-state index contributed by atoms with van der Waals surface area (Å²) in [6.45, 7) is 0. The van der Waals surface area contributed by atoms with E-state index in [1.165, 1.54) is 0 Å². The normalized spacial score (nSPS) is 17.1. The number of carbonyl (C=O) groups is 2. The van der Waals surface area contributed by atoms with Gasteiger partial charge in [0.2, 0.25) is 5.91 Å². The average molecular weight is 251 g/mol. The second kappa shape index (κ2) is 4.69. The van der Waals surface area contributed by atoms with Gasteiger partial charge in [0.05, 0.1) is 5.92 Å². The lowest BCUT2D eigenvalue weighted by molar-refractivity contribution is -0.117. The van der Waals surface area contributed by atoms with Gasteiger partial charge in [0.25, 0.3) is 0 Å². The second-order valence-corrected chi connectivity index (χ2v) is 4.62. The van der Waals surface area contributed by atoms with E-state index in [0.29, 0.717) is 5.56 Å². The summed E-state index contributed by atoms with van der Waals surface area (Å²) < 4.78 is 0. The lowest BCUT2D eigenvalue weighted by Crippen LogP contribution is -2.19. The predicted molar refractivity (Wildman–Crippen MR) is 73.2 cm³/mol. The first kappa shape index (κ1) is 11.7. The van der Waals surface area contributed by atoms with Crippen LogP contribution >= 0.6 is 0 Å². The molecule has 0 saturated heterocycles. The predicted octanol–water partition coefficient (Wildman–Crippen LogP) is 3.00. The van der Waals surface area contributed by atoms with E-state index in [1.54, 1.807) is 6.07 Å². The molecule has 0 heterocycles. The Morgan fingerprint density at radius 1 is 1.00 bits per heavy atom. The van der Waals surface area contributed by atoms with Gasteiger partial charge in [-0.1, -0.05) is 42.5 Å². The number of nitrogens with one attached hydrogen (secondary N) is 1. The third kappa shape index (κ3) is 2.15. The number of para-hydroxylation sites is 1. The van der Waals surface area contributed by atoms with Crippen LogP contribution in [0.15, 0.2) is 54.6 Å². The minimum Gasteiger partial charge on any atom is -0.326 e. The molecule has 19 heavy (non-hydrogen) atoms. The van der Waals surface area contributed by atoms with E-state index < -0.39 is 0 Å². The highest BCUT2D eigenvalue weighted by molar-refractivity contribution is 6.09. The van der Waals surface area contributed by atoms with Crippen molar-refractivity contribution in [2.45, 2.75) is 12.3 Å². The molecule has 1 N–H and O–H groups in total. The summed E-state index contributed by atoms with van der Waals surface area (Å²) in [5, 5.41) is 2.85. The Bertz CT molecular complexity index is 634. The van der Waals surface area contributed by atoms with E-state index in [4.69, 9.17) is 0 Å². The highest BCUT2D eigenvalue weighted by Crippen LogP contribution is 2.33. The Balaban J connectivity index is 1.85. The molecule has 0 aliphatic heterocycles. The summed E-state index contributed by atoms with van der Waals surface area (Å²) in [6, 6.07) is 16.6. The standard InChI is InChI=1S/C16H13NO2/c18-15-10-14(12-8-4-5-9-13(12)15)16(19)17-11-6-2-1-3-7-11/h1-9,14H,10H2,(H,17,19). The minimum absolute atomic E-state index is 0.0452. The highest BCUT2D eigenvalue weighted by atomic mass is 16.2. The van der Waals surface area contributed by atoms with Gasteiger partial charge in [-0.15, -0.1) is 0 Å². The zero-order valence-electron chi connectivity index (χ0n) is 10.3. The van der Waals surface area contributed by atoms with E-state index >= 15 is 0 Å². The van der Waals surface area contributed by atoms with Gasteiger partial charge in [-0.05, 0) is 17.7 Å². The number of ketones is 1. The molecule has 3 nitrogen and oxygen atoms in total. The van der Waals surface area contributed by atoms with E-state index in [1.807, 2.05) is 48.5 Å². The molecule has 0 spiro atoms. The first-order valence-corrected chi connectivity index (χ1v) is 6.24. The Hall–Kier alpha value is -2.42. The molecule has 1 atom stereocenters. The molecule has 0 aromatic heterocycles. The quantitative estimate of drug-likeness (QED) is 0.891. The van der Waals surface area contributed by atoms with Crippen molar-refractivity contribution in [3.05, 3.63) is 65.7 Å². The molecule has 1 aliphatic rings. The largest absolute Gasteiger partial charge is 0.326 e. The number of rotatable bonds is 2. The molecule has 2 aromatic rings. The zero-order chi connectivity index (χ0) is 13.2. The van der Waals surface area contributed by atoms with Gasteiger partial charge in [-0.2, -0.15) is 0 Å². The third-order valence-corrected chi connectivity index (χ3v) is 3.38. The number of anilines is 1. The molecule has 1 amide bonds. The lowest BCUT2D eigenvalue weighted by Gasteiger charge is -2.11. The maximum atomic E-state index is 12.3. The van der Waals surface area contributed by atoms with Crippen molar-refractivity contribution < 1.29 is 9.59 Å². The molecule has 0 bridgehead atoms. The van der Waals surface area contributed by atoms with Gasteiger partial charge >= 0.3 is 0 Å². The van der Waals surface area contributed by atoms with Crippen molar-refractivity contribution in [3.8, 4) is 0 Å². The molecule has 3 rings (SSSR count). The third-order valence-electron chi connectivity index (χ3n) is 3.38. The topological polar surface area (TPSA) is 46.2 Å². The van der Waals surface area contributed by atoms with Crippen molar-refractivity contribution in [2.75, 3.05) is 5.32 Å². The molecule has 1 aliphatic carbocycles. The second-order valence-electron chi connectivity index (χ2n) is 4.62. The number of fused-ring (bicyclic) bond motifs is 1. The molecule has 1 unspecified atom stereocenters. The maximum absolute atomic E-state index is 12.3. The van der Waals surface area contributed by atoms with Crippen molar-refractivity contribution >= 4 is 17.4 Å². The summed E-state index contributed by atoms with van der Waals surface area (Å²) >= 11 is 0. The summed E-state index contributed by atoms with van der Waals surface area (Å²) in [5.41, 5.74) is 2.26. The van der Waals surface area contributed by atoms with Crippen molar-refractivity contribution in [1.29, 1.82) is 0 Å².